The van der Waals surface area contributed by atoms with E-state index in [0.29, 0.717) is 17.5 Å². The first-order valence-corrected chi connectivity index (χ1v) is 10.2. The molecule has 2 fully saturated rings. The fourth-order valence-electron chi connectivity index (χ4n) is 5.65. The van der Waals surface area contributed by atoms with E-state index in [1.165, 1.54) is 6.42 Å². The second-order valence-electron chi connectivity index (χ2n) is 9.75. The molecule has 6 heteroatoms. The number of carbonyl (C=O) groups excluding carboxylic acids is 1. The predicted octanol–water partition coefficient (Wildman–Crippen LogP) is 4.15. The Labute approximate surface area is 172 Å². The molecule has 2 aliphatic rings. The van der Waals surface area contributed by atoms with Crippen molar-refractivity contribution in [1.82, 2.24) is 14.7 Å². The van der Waals surface area contributed by atoms with Crippen molar-refractivity contribution in [1.29, 1.82) is 0 Å². The quantitative estimate of drug-likeness (QED) is 0.778. The molecule has 1 aliphatic heterocycles. The average Bonchev–Trinajstić information content (AvgIpc) is 3.16. The van der Waals surface area contributed by atoms with E-state index in [-0.39, 0.29) is 16.7 Å². The maximum Gasteiger partial charge on any atom is 0.272 e. The van der Waals surface area contributed by atoms with E-state index in [4.69, 9.17) is 9.47 Å². The third-order valence-electron chi connectivity index (χ3n) is 6.46. The molecule has 0 N–H and O–H groups in total. The third-order valence-corrected chi connectivity index (χ3v) is 6.46. The Balaban J connectivity index is 1.65. The molecule has 0 spiro atoms. The van der Waals surface area contributed by atoms with E-state index < -0.39 is 0 Å². The van der Waals surface area contributed by atoms with Gasteiger partial charge in [0.05, 0.1) is 19.9 Å². The third kappa shape index (κ3) is 3.49. The van der Waals surface area contributed by atoms with Gasteiger partial charge in [-0.25, -0.2) is 0 Å². The fraction of sp³-hybridized carbons (Fsp3) is 0.565. The first-order valence-electron chi connectivity index (χ1n) is 10.2. The first kappa shape index (κ1) is 19.8. The number of amides is 1. The minimum Gasteiger partial charge on any atom is -0.497 e. The highest BCUT2D eigenvalue weighted by atomic mass is 16.5. The van der Waals surface area contributed by atoms with E-state index in [1.807, 2.05) is 31.3 Å². The molecule has 1 saturated carbocycles. The summed E-state index contributed by atoms with van der Waals surface area (Å²) in [7, 11) is 5.08. The predicted molar refractivity (Wildman–Crippen MR) is 112 cm³/mol. The van der Waals surface area contributed by atoms with E-state index >= 15 is 0 Å². The van der Waals surface area contributed by atoms with Crippen LogP contribution < -0.4 is 9.47 Å². The van der Waals surface area contributed by atoms with Crippen LogP contribution >= 0.6 is 0 Å². The van der Waals surface area contributed by atoms with Crippen LogP contribution in [0.15, 0.2) is 24.3 Å². The van der Waals surface area contributed by atoms with Gasteiger partial charge in [-0.3, -0.25) is 9.48 Å². The molecular formula is C23H31N3O3. The molecular weight excluding hydrogens is 366 g/mol. The van der Waals surface area contributed by atoms with Gasteiger partial charge in [0, 0.05) is 31.3 Å². The number of aryl methyl sites for hydroxylation is 1. The molecule has 2 unspecified atom stereocenters. The highest BCUT2D eigenvalue weighted by Gasteiger charge is 2.51. The summed E-state index contributed by atoms with van der Waals surface area (Å²) in [4.78, 5) is 15.6. The molecule has 156 valence electrons. The fourth-order valence-corrected chi connectivity index (χ4v) is 5.65. The van der Waals surface area contributed by atoms with Gasteiger partial charge in [0.1, 0.15) is 17.2 Å². The highest BCUT2D eigenvalue weighted by molar-refractivity contribution is 5.94. The molecule has 4 rings (SSSR count). The average molecular weight is 398 g/mol. The summed E-state index contributed by atoms with van der Waals surface area (Å²) < 4.78 is 12.5. The maximum absolute atomic E-state index is 13.5. The van der Waals surface area contributed by atoms with Crippen LogP contribution in [0.4, 0.5) is 0 Å². The molecule has 1 amide bonds. The van der Waals surface area contributed by atoms with E-state index in [0.717, 1.165) is 36.4 Å². The number of hydrogen-bond donors (Lipinski definition) is 0. The first-order chi connectivity index (χ1) is 13.6. The van der Waals surface area contributed by atoms with Crippen molar-refractivity contribution in [2.24, 2.45) is 17.9 Å². The van der Waals surface area contributed by atoms with Crippen LogP contribution in [0.1, 0.15) is 50.5 Å². The van der Waals surface area contributed by atoms with Gasteiger partial charge in [0.2, 0.25) is 0 Å². The van der Waals surface area contributed by atoms with E-state index in [9.17, 15) is 4.79 Å². The normalized spacial score (nSPS) is 25.2. The van der Waals surface area contributed by atoms with Crippen LogP contribution in [-0.4, -0.2) is 47.4 Å². The van der Waals surface area contributed by atoms with Crippen molar-refractivity contribution in [2.75, 3.05) is 20.8 Å². The second kappa shape index (κ2) is 6.78. The SMILES string of the molecule is COc1ccc(-c2cc(C(=O)N3CC4(C)CC3CC(C)(C)C4)n(C)n2)c(OC)c1. The summed E-state index contributed by atoms with van der Waals surface area (Å²) in [5.41, 5.74) is 2.68. The maximum atomic E-state index is 13.5. The van der Waals surface area contributed by atoms with Crippen LogP contribution in [0, 0.1) is 10.8 Å². The minimum atomic E-state index is 0.0742. The summed E-state index contributed by atoms with van der Waals surface area (Å²) in [6.45, 7) is 7.80. The van der Waals surface area contributed by atoms with Gasteiger partial charge in [-0.15, -0.1) is 0 Å². The Morgan fingerprint density at radius 3 is 2.59 bits per heavy atom. The Bertz CT molecular complexity index is 949. The monoisotopic (exact) mass is 397 g/mol. The number of benzene rings is 1. The Morgan fingerprint density at radius 2 is 1.90 bits per heavy atom. The van der Waals surface area contributed by atoms with Gasteiger partial charge in [0.25, 0.3) is 5.91 Å². The Kier molecular flexibility index (Phi) is 4.63. The number of likely N-dealkylation sites (tertiary alicyclic amines) is 1. The number of ether oxygens (including phenoxy) is 2. The standard InChI is InChI=1S/C23H31N3O3/c1-22(2)11-15-12-23(3,13-22)14-26(15)21(27)19-10-18(24-25(19)4)17-8-7-16(28-5)9-20(17)29-6/h7-10,15H,11-14H2,1-6H3. The number of fused-ring (bicyclic) bond motifs is 2. The van der Waals surface area contributed by atoms with E-state index in [2.05, 4.69) is 30.8 Å². The van der Waals surface area contributed by atoms with Gasteiger partial charge >= 0.3 is 0 Å². The Morgan fingerprint density at radius 1 is 1.14 bits per heavy atom. The van der Waals surface area contributed by atoms with Crippen LogP contribution in [0.3, 0.4) is 0 Å². The number of aromatic nitrogens is 2. The molecule has 1 aliphatic carbocycles. The highest BCUT2D eigenvalue weighted by Crippen LogP contribution is 2.52. The number of nitrogens with zero attached hydrogens (tertiary/aromatic N) is 3. The molecule has 0 radical (unpaired) electrons. The topological polar surface area (TPSA) is 56.6 Å². The van der Waals surface area contributed by atoms with Crippen molar-refractivity contribution in [3.05, 3.63) is 30.0 Å². The zero-order valence-corrected chi connectivity index (χ0v) is 18.3. The van der Waals surface area contributed by atoms with Gasteiger partial charge in [-0.2, -0.15) is 5.10 Å². The van der Waals surface area contributed by atoms with E-state index in [1.54, 1.807) is 18.9 Å². The second-order valence-corrected chi connectivity index (χ2v) is 9.75. The van der Waals surface area contributed by atoms with Crippen LogP contribution in [0.25, 0.3) is 11.3 Å². The van der Waals surface area contributed by atoms with Gasteiger partial charge in [-0.1, -0.05) is 20.8 Å². The molecule has 1 saturated heterocycles. The van der Waals surface area contributed by atoms with Crippen molar-refractivity contribution < 1.29 is 14.3 Å². The van der Waals surface area contributed by atoms with Crippen LogP contribution in [0.2, 0.25) is 0 Å². The molecule has 6 nitrogen and oxygen atoms in total. The summed E-state index contributed by atoms with van der Waals surface area (Å²) in [6, 6.07) is 7.81. The Hall–Kier alpha value is -2.50. The number of rotatable bonds is 4. The molecule has 1 aromatic carbocycles. The summed E-state index contributed by atoms with van der Waals surface area (Å²) in [6.07, 6.45) is 3.32. The summed E-state index contributed by atoms with van der Waals surface area (Å²) >= 11 is 0. The van der Waals surface area contributed by atoms with Crippen LogP contribution in [-0.2, 0) is 7.05 Å². The zero-order valence-electron chi connectivity index (χ0n) is 18.3. The van der Waals surface area contributed by atoms with Crippen molar-refractivity contribution in [2.45, 2.75) is 46.1 Å². The van der Waals surface area contributed by atoms with Crippen LogP contribution in [0.5, 0.6) is 11.5 Å². The lowest BCUT2D eigenvalue weighted by atomic mass is 9.65. The largest absolute Gasteiger partial charge is 0.497 e. The lowest BCUT2D eigenvalue weighted by molar-refractivity contribution is 0.0697. The van der Waals surface area contributed by atoms with Crippen molar-refractivity contribution >= 4 is 5.91 Å². The number of methoxy groups -OCH3 is 2. The van der Waals surface area contributed by atoms with Gasteiger partial charge < -0.3 is 14.4 Å². The lowest BCUT2D eigenvalue weighted by Gasteiger charge is -2.39. The number of hydrogen-bond acceptors (Lipinski definition) is 4. The lowest BCUT2D eigenvalue weighted by Crippen LogP contribution is -2.38. The summed E-state index contributed by atoms with van der Waals surface area (Å²) in [5, 5.41) is 4.62. The van der Waals surface area contributed by atoms with Crippen molar-refractivity contribution in [3.8, 4) is 22.8 Å². The smallest absolute Gasteiger partial charge is 0.272 e. The minimum absolute atomic E-state index is 0.0742. The van der Waals surface area contributed by atoms with Crippen molar-refractivity contribution in [3.63, 3.8) is 0 Å². The molecule has 2 aromatic rings. The molecule has 2 heterocycles. The molecule has 2 atom stereocenters. The zero-order chi connectivity index (χ0) is 21.0. The molecule has 1 aromatic heterocycles. The molecule has 29 heavy (non-hydrogen) atoms. The number of carbonyl (C=O) groups is 1. The molecule has 2 bridgehead atoms. The van der Waals surface area contributed by atoms with Gasteiger partial charge in [0.15, 0.2) is 0 Å². The van der Waals surface area contributed by atoms with Gasteiger partial charge in [-0.05, 0) is 48.3 Å². The summed E-state index contributed by atoms with van der Waals surface area (Å²) in [5.74, 6) is 1.47.